The second-order valence-corrected chi connectivity index (χ2v) is 4.54. The fourth-order valence-electron chi connectivity index (χ4n) is 1.82. The van der Waals surface area contributed by atoms with E-state index in [-0.39, 0.29) is 5.91 Å². The number of hydrogen-bond acceptors (Lipinski definition) is 3. The van der Waals surface area contributed by atoms with Crippen molar-refractivity contribution in [3.8, 4) is 0 Å². The average Bonchev–Trinajstić information content (AvgIpc) is 3.02. The second kappa shape index (κ2) is 6.17. The van der Waals surface area contributed by atoms with Gasteiger partial charge in [-0.1, -0.05) is 6.92 Å². The van der Waals surface area contributed by atoms with Crippen molar-refractivity contribution in [3.63, 3.8) is 0 Å². The molecule has 2 N–H and O–H groups in total. The van der Waals surface area contributed by atoms with Gasteiger partial charge in [-0.3, -0.25) is 14.6 Å². The maximum Gasteiger partial charge on any atom is 0.220 e. The molecule has 0 aliphatic heterocycles. The van der Waals surface area contributed by atoms with Crippen LogP contribution in [0.1, 0.15) is 30.3 Å². The van der Waals surface area contributed by atoms with E-state index in [1.54, 1.807) is 10.9 Å². The van der Waals surface area contributed by atoms with Crippen LogP contribution in [-0.2, 0) is 31.2 Å². The molecule has 1 amide bonds. The van der Waals surface area contributed by atoms with Gasteiger partial charge < -0.3 is 5.32 Å². The van der Waals surface area contributed by atoms with Gasteiger partial charge in [-0.25, -0.2) is 0 Å². The lowest BCUT2D eigenvalue weighted by Crippen LogP contribution is -2.23. The summed E-state index contributed by atoms with van der Waals surface area (Å²) in [4.78, 5) is 11.7. The molecule has 0 saturated carbocycles. The van der Waals surface area contributed by atoms with Gasteiger partial charge in [-0.2, -0.15) is 10.2 Å². The number of aromatic amines is 1. The summed E-state index contributed by atoms with van der Waals surface area (Å²) in [5, 5.41) is 14.0. The molecule has 0 fully saturated rings. The zero-order chi connectivity index (χ0) is 13.7. The predicted octanol–water partition coefficient (Wildman–Crippen LogP) is 0.955. The minimum atomic E-state index is 0.0384. The van der Waals surface area contributed by atoms with E-state index in [1.807, 2.05) is 26.2 Å². The molecule has 2 aromatic heterocycles. The normalized spacial score (nSPS) is 10.6. The first-order chi connectivity index (χ1) is 9.17. The molecule has 0 bridgehead atoms. The van der Waals surface area contributed by atoms with E-state index in [0.29, 0.717) is 19.4 Å². The van der Waals surface area contributed by atoms with Crippen molar-refractivity contribution in [3.05, 3.63) is 35.4 Å². The SMILES string of the molecule is CCc1cc(CNC(=O)CCc2cnn(C)c2)[nH]n1. The van der Waals surface area contributed by atoms with Gasteiger partial charge in [0.25, 0.3) is 0 Å². The molecular weight excluding hydrogens is 242 g/mol. The van der Waals surface area contributed by atoms with E-state index in [2.05, 4.69) is 20.6 Å². The standard InChI is InChI=1S/C13H19N5O/c1-3-11-6-12(17-16-11)8-14-13(19)5-4-10-7-15-18(2)9-10/h6-7,9H,3-5,8H2,1-2H3,(H,14,19)(H,16,17). The molecule has 19 heavy (non-hydrogen) atoms. The Morgan fingerprint density at radius 1 is 1.53 bits per heavy atom. The summed E-state index contributed by atoms with van der Waals surface area (Å²) >= 11 is 0. The van der Waals surface area contributed by atoms with E-state index in [0.717, 1.165) is 23.4 Å². The number of rotatable bonds is 6. The predicted molar refractivity (Wildman–Crippen MR) is 71.3 cm³/mol. The van der Waals surface area contributed by atoms with E-state index >= 15 is 0 Å². The van der Waals surface area contributed by atoms with Gasteiger partial charge in [-0.05, 0) is 24.5 Å². The van der Waals surface area contributed by atoms with Crippen LogP contribution in [0.2, 0.25) is 0 Å². The molecule has 2 heterocycles. The third kappa shape index (κ3) is 3.94. The van der Waals surface area contributed by atoms with Crippen LogP contribution in [0.5, 0.6) is 0 Å². The Morgan fingerprint density at radius 2 is 2.37 bits per heavy atom. The Labute approximate surface area is 112 Å². The summed E-state index contributed by atoms with van der Waals surface area (Å²) < 4.78 is 1.74. The van der Waals surface area contributed by atoms with Crippen LogP contribution < -0.4 is 5.32 Å². The molecule has 6 heteroatoms. The first kappa shape index (κ1) is 13.3. The first-order valence-electron chi connectivity index (χ1n) is 6.44. The fourth-order valence-corrected chi connectivity index (χ4v) is 1.82. The van der Waals surface area contributed by atoms with Crippen LogP contribution in [0, 0.1) is 0 Å². The van der Waals surface area contributed by atoms with E-state index in [1.165, 1.54) is 0 Å². The molecule has 0 spiro atoms. The molecule has 2 rings (SSSR count). The number of amides is 1. The van der Waals surface area contributed by atoms with Crippen molar-refractivity contribution in [2.75, 3.05) is 0 Å². The zero-order valence-electron chi connectivity index (χ0n) is 11.3. The number of hydrogen-bond donors (Lipinski definition) is 2. The highest BCUT2D eigenvalue weighted by Gasteiger charge is 2.05. The lowest BCUT2D eigenvalue weighted by atomic mass is 10.2. The van der Waals surface area contributed by atoms with E-state index in [4.69, 9.17) is 0 Å². The van der Waals surface area contributed by atoms with Crippen LogP contribution >= 0.6 is 0 Å². The first-order valence-corrected chi connectivity index (χ1v) is 6.44. The van der Waals surface area contributed by atoms with Crippen LogP contribution in [0.4, 0.5) is 0 Å². The number of nitrogens with one attached hydrogen (secondary N) is 2. The minimum absolute atomic E-state index is 0.0384. The molecule has 102 valence electrons. The molecule has 0 saturated heterocycles. The van der Waals surface area contributed by atoms with Gasteiger partial charge in [-0.15, -0.1) is 0 Å². The number of carbonyl (C=O) groups is 1. The maximum atomic E-state index is 11.7. The summed E-state index contributed by atoms with van der Waals surface area (Å²) in [6.07, 6.45) is 5.79. The molecule has 0 aliphatic carbocycles. The number of nitrogens with zero attached hydrogens (tertiary/aromatic N) is 3. The Hall–Kier alpha value is -2.11. The van der Waals surface area contributed by atoms with Crippen molar-refractivity contribution in [2.45, 2.75) is 32.7 Å². The van der Waals surface area contributed by atoms with Crippen molar-refractivity contribution in [1.82, 2.24) is 25.3 Å². The summed E-state index contributed by atoms with van der Waals surface area (Å²) in [5.41, 5.74) is 3.03. The van der Waals surface area contributed by atoms with Crippen molar-refractivity contribution < 1.29 is 4.79 Å². The quantitative estimate of drug-likeness (QED) is 0.813. The minimum Gasteiger partial charge on any atom is -0.350 e. The summed E-state index contributed by atoms with van der Waals surface area (Å²) in [7, 11) is 1.87. The highest BCUT2D eigenvalue weighted by atomic mass is 16.1. The number of aryl methyl sites for hydroxylation is 3. The Morgan fingerprint density at radius 3 is 3.00 bits per heavy atom. The lowest BCUT2D eigenvalue weighted by Gasteiger charge is -2.02. The van der Waals surface area contributed by atoms with E-state index < -0.39 is 0 Å². The van der Waals surface area contributed by atoms with Crippen molar-refractivity contribution >= 4 is 5.91 Å². The molecule has 0 unspecified atom stereocenters. The lowest BCUT2D eigenvalue weighted by molar-refractivity contribution is -0.121. The van der Waals surface area contributed by atoms with Crippen LogP contribution in [0.25, 0.3) is 0 Å². The van der Waals surface area contributed by atoms with Crippen molar-refractivity contribution in [2.24, 2.45) is 7.05 Å². The topological polar surface area (TPSA) is 75.6 Å². The molecule has 2 aromatic rings. The van der Waals surface area contributed by atoms with Crippen molar-refractivity contribution in [1.29, 1.82) is 0 Å². The zero-order valence-corrected chi connectivity index (χ0v) is 11.3. The largest absolute Gasteiger partial charge is 0.350 e. The molecule has 0 radical (unpaired) electrons. The third-order valence-electron chi connectivity index (χ3n) is 2.92. The van der Waals surface area contributed by atoms with Crippen LogP contribution in [-0.4, -0.2) is 25.9 Å². The molecule has 0 aromatic carbocycles. The highest BCUT2D eigenvalue weighted by Crippen LogP contribution is 2.02. The third-order valence-corrected chi connectivity index (χ3v) is 2.92. The van der Waals surface area contributed by atoms with Crippen LogP contribution in [0.3, 0.4) is 0 Å². The van der Waals surface area contributed by atoms with Gasteiger partial charge in [0.15, 0.2) is 0 Å². The van der Waals surface area contributed by atoms with Gasteiger partial charge in [0.2, 0.25) is 5.91 Å². The Balaban J connectivity index is 1.72. The van der Waals surface area contributed by atoms with Gasteiger partial charge in [0.05, 0.1) is 24.1 Å². The molecule has 0 atom stereocenters. The van der Waals surface area contributed by atoms with Crippen LogP contribution in [0.15, 0.2) is 18.5 Å². The Kier molecular flexibility index (Phi) is 4.33. The summed E-state index contributed by atoms with van der Waals surface area (Å²) in [5.74, 6) is 0.0384. The fraction of sp³-hybridized carbons (Fsp3) is 0.462. The average molecular weight is 261 g/mol. The van der Waals surface area contributed by atoms with E-state index in [9.17, 15) is 4.79 Å². The molecular formula is C13H19N5O. The van der Waals surface area contributed by atoms with Gasteiger partial charge >= 0.3 is 0 Å². The summed E-state index contributed by atoms with van der Waals surface area (Å²) in [6.45, 7) is 2.55. The molecule has 6 nitrogen and oxygen atoms in total. The second-order valence-electron chi connectivity index (χ2n) is 4.54. The van der Waals surface area contributed by atoms with Gasteiger partial charge in [0.1, 0.15) is 0 Å². The monoisotopic (exact) mass is 261 g/mol. The smallest absolute Gasteiger partial charge is 0.220 e. The maximum absolute atomic E-state index is 11.7. The number of carbonyl (C=O) groups excluding carboxylic acids is 1. The summed E-state index contributed by atoms with van der Waals surface area (Å²) in [6, 6.07) is 1.97. The number of aromatic nitrogens is 4. The Bertz CT molecular complexity index is 543. The highest BCUT2D eigenvalue weighted by molar-refractivity contribution is 5.76. The molecule has 0 aliphatic rings. The van der Waals surface area contributed by atoms with Gasteiger partial charge in [0, 0.05) is 19.7 Å². The number of H-pyrrole nitrogens is 1.